The fourth-order valence-corrected chi connectivity index (χ4v) is 4.31. The number of hydrogen-bond acceptors (Lipinski definition) is 2. The van der Waals surface area contributed by atoms with E-state index in [0.29, 0.717) is 0 Å². The smallest absolute Gasteiger partial charge is 1.00 e. The molecule has 0 fully saturated rings. The minimum atomic E-state index is -4.78. The summed E-state index contributed by atoms with van der Waals surface area (Å²) in [6.07, 6.45) is -0.896. The maximum Gasteiger partial charge on any atom is 1.00 e. The maximum absolute atomic E-state index is 12.2. The number of benzene rings is 2. The van der Waals surface area contributed by atoms with Gasteiger partial charge in [-0.25, -0.2) is 4.57 Å². The molecule has 35 heavy (non-hydrogen) atoms. The van der Waals surface area contributed by atoms with Crippen molar-refractivity contribution < 1.29 is 39.2 Å². The zero-order chi connectivity index (χ0) is 26.5. The summed E-state index contributed by atoms with van der Waals surface area (Å²) < 4.78 is 17.7. The minimum Gasteiger partial charge on any atom is -1.00 e. The second kappa shape index (κ2) is 10.5. The Kier molecular flexibility index (Phi) is 9.64. The Balaban J connectivity index is 0.00000612. The molecule has 192 valence electrons. The van der Waals surface area contributed by atoms with E-state index in [-0.39, 0.29) is 41.9 Å². The van der Waals surface area contributed by atoms with Gasteiger partial charge in [0, 0.05) is 0 Å². The van der Waals surface area contributed by atoms with Crippen LogP contribution in [0.5, 0.6) is 0 Å². The van der Waals surface area contributed by atoms with Gasteiger partial charge >= 0.3 is 26.7 Å². The molecular formula is C29H46LiO4P. The average molecular weight is 497 g/mol. The molecule has 0 aliphatic heterocycles. The van der Waals surface area contributed by atoms with Gasteiger partial charge in [0.25, 0.3) is 0 Å². The Hall–Kier alpha value is -0.853. The molecule has 0 atom stereocenters. The van der Waals surface area contributed by atoms with E-state index in [1.165, 1.54) is 0 Å². The number of hydrogen-bond donors (Lipinski definition) is 2. The zero-order valence-electron chi connectivity index (χ0n) is 25.2. The van der Waals surface area contributed by atoms with Crippen LogP contribution >= 0.6 is 7.82 Å². The monoisotopic (exact) mass is 496 g/mol. The quantitative estimate of drug-likeness (QED) is 0.452. The topological polar surface area (TPSA) is 66.8 Å². The van der Waals surface area contributed by atoms with Crippen molar-refractivity contribution in [3.63, 3.8) is 0 Å². The molecule has 2 aromatic rings. The fourth-order valence-electron chi connectivity index (χ4n) is 3.79. The first-order valence-corrected chi connectivity index (χ1v) is 13.6. The largest absolute Gasteiger partial charge is 1.00 e. The molecule has 0 bridgehead atoms. The zero-order valence-corrected chi connectivity index (χ0v) is 25.1. The molecule has 0 saturated carbocycles. The predicted molar refractivity (Wildman–Crippen MR) is 144 cm³/mol. The van der Waals surface area contributed by atoms with E-state index in [1.54, 1.807) is 0 Å². The van der Waals surface area contributed by atoms with Gasteiger partial charge in [0.05, 0.1) is 0 Å². The molecule has 0 saturated heterocycles. The Bertz CT molecular complexity index is 940. The first kappa shape index (κ1) is 32.2. The van der Waals surface area contributed by atoms with Crippen molar-refractivity contribution in [2.75, 3.05) is 0 Å². The van der Waals surface area contributed by atoms with Gasteiger partial charge in [0.2, 0.25) is 0 Å². The van der Waals surface area contributed by atoms with Gasteiger partial charge in [-0.3, -0.25) is 4.52 Å². The first-order chi connectivity index (χ1) is 15.0. The summed E-state index contributed by atoms with van der Waals surface area (Å²) in [4.78, 5) is 19.8. The van der Waals surface area contributed by atoms with Crippen LogP contribution in [-0.4, -0.2) is 9.79 Å². The van der Waals surface area contributed by atoms with Gasteiger partial charge in [-0.2, -0.15) is 0 Å². The van der Waals surface area contributed by atoms with Crippen molar-refractivity contribution in [3.05, 3.63) is 69.8 Å². The van der Waals surface area contributed by atoms with E-state index in [9.17, 15) is 14.4 Å². The van der Waals surface area contributed by atoms with Crippen LogP contribution in [0.3, 0.4) is 0 Å². The molecule has 0 aromatic heterocycles. The molecule has 0 radical (unpaired) electrons. The van der Waals surface area contributed by atoms with Crippen molar-refractivity contribution in [2.45, 2.75) is 111 Å². The van der Waals surface area contributed by atoms with Gasteiger partial charge in [-0.05, 0) is 55.0 Å². The summed E-state index contributed by atoms with van der Waals surface area (Å²) >= 11 is 0. The van der Waals surface area contributed by atoms with Crippen LogP contribution < -0.4 is 18.9 Å². The molecule has 4 nitrogen and oxygen atoms in total. The summed E-state index contributed by atoms with van der Waals surface area (Å²) in [6.45, 7) is 25.8. The Morgan fingerprint density at radius 3 is 1.00 bits per heavy atom. The van der Waals surface area contributed by atoms with Gasteiger partial charge in [0.15, 0.2) is 0 Å². The second-order valence-corrected chi connectivity index (χ2v) is 14.9. The van der Waals surface area contributed by atoms with Gasteiger partial charge in [-0.1, -0.05) is 119 Å². The summed E-state index contributed by atoms with van der Waals surface area (Å²) in [5.74, 6) is 0. The SMILES string of the molecule is CC(C)(C)c1cc(C(OP(=O)(O)O)c2cc(C(C)(C)C)cc(C(C)(C)C)c2)cc(C(C)(C)C)c1.[H-].[Li+]. The Morgan fingerprint density at radius 1 is 0.600 bits per heavy atom. The fraction of sp³-hybridized carbons (Fsp3) is 0.586. The maximum atomic E-state index is 12.2. The molecule has 0 heterocycles. The standard InChI is InChI=1S/C29H45O4P.Li.H/c1-26(2,3)21-13-19(14-22(17-21)27(4,5)6)25(33-34(30,31)32)20-15-23(28(7,8)9)18-24(16-20)29(10,11)12;;/h13-18,25H,1-12H3,(H2,30,31,32);;/q;+1;-1. The summed E-state index contributed by atoms with van der Waals surface area (Å²) in [6, 6.07) is 12.5. The third-order valence-electron chi connectivity index (χ3n) is 6.22. The van der Waals surface area contributed by atoms with Gasteiger partial charge in [0.1, 0.15) is 6.10 Å². The number of phosphoric ester groups is 1. The number of rotatable bonds is 4. The third-order valence-corrected chi connectivity index (χ3v) is 6.71. The number of phosphoric acid groups is 1. The molecular weight excluding hydrogens is 450 g/mol. The summed E-state index contributed by atoms with van der Waals surface area (Å²) in [7, 11) is -4.78. The average Bonchev–Trinajstić information content (AvgIpc) is 2.62. The molecule has 0 spiro atoms. The normalized spacial score (nSPS) is 13.7. The van der Waals surface area contributed by atoms with Crippen LogP contribution in [0.25, 0.3) is 0 Å². The van der Waals surface area contributed by atoms with E-state index in [1.807, 2.05) is 24.3 Å². The minimum absolute atomic E-state index is 0. The predicted octanol–water partition coefficient (Wildman–Crippen LogP) is 5.19. The molecule has 0 unspecified atom stereocenters. The van der Waals surface area contributed by atoms with E-state index in [0.717, 1.165) is 33.4 Å². The molecule has 2 rings (SSSR count). The van der Waals surface area contributed by atoms with Crippen LogP contribution in [0.15, 0.2) is 36.4 Å². The van der Waals surface area contributed by atoms with Crippen LogP contribution in [0.1, 0.15) is 124 Å². The molecule has 2 N–H and O–H groups in total. The summed E-state index contributed by atoms with van der Waals surface area (Å²) in [5, 5.41) is 0. The Labute approximate surface area is 227 Å². The van der Waals surface area contributed by atoms with Crippen molar-refractivity contribution in [2.24, 2.45) is 0 Å². The van der Waals surface area contributed by atoms with E-state index < -0.39 is 13.9 Å². The van der Waals surface area contributed by atoms with Crippen molar-refractivity contribution in [1.29, 1.82) is 0 Å². The summed E-state index contributed by atoms with van der Waals surface area (Å²) in [5.41, 5.74) is 5.42. The molecule has 0 amide bonds. The Morgan fingerprint density at radius 2 is 0.829 bits per heavy atom. The van der Waals surface area contributed by atoms with Gasteiger partial charge < -0.3 is 11.2 Å². The van der Waals surface area contributed by atoms with Gasteiger partial charge in [-0.15, -0.1) is 0 Å². The molecule has 0 aliphatic carbocycles. The van der Waals surface area contributed by atoms with Crippen molar-refractivity contribution in [1.82, 2.24) is 0 Å². The van der Waals surface area contributed by atoms with E-state index >= 15 is 0 Å². The van der Waals surface area contributed by atoms with Crippen LogP contribution in [0, 0.1) is 0 Å². The first-order valence-electron chi connectivity index (χ1n) is 12.0. The molecule has 6 heteroatoms. The molecule has 0 aliphatic rings. The molecule has 2 aromatic carbocycles. The van der Waals surface area contributed by atoms with E-state index in [4.69, 9.17) is 4.52 Å². The van der Waals surface area contributed by atoms with Crippen LogP contribution in [0.2, 0.25) is 0 Å². The van der Waals surface area contributed by atoms with E-state index in [2.05, 4.69) is 95.2 Å². The van der Waals surface area contributed by atoms with Crippen LogP contribution in [0.4, 0.5) is 0 Å². The third kappa shape index (κ3) is 8.89. The second-order valence-electron chi connectivity index (χ2n) is 13.7. The van der Waals surface area contributed by atoms with Crippen LogP contribution in [-0.2, 0) is 30.7 Å². The van der Waals surface area contributed by atoms with Crippen molar-refractivity contribution in [3.8, 4) is 0 Å². The van der Waals surface area contributed by atoms with Crippen molar-refractivity contribution >= 4 is 7.82 Å².